The Labute approximate surface area is 95.8 Å². The molecular weight excluding hydrogens is 202 g/mol. The second-order valence-electron chi connectivity index (χ2n) is 4.32. The van der Waals surface area contributed by atoms with Crippen LogP contribution < -0.4 is 5.32 Å². The number of hydrogen-bond acceptors (Lipinski definition) is 2. The number of β-lactam (4-membered cyclic amide) rings is 1. The van der Waals surface area contributed by atoms with Gasteiger partial charge in [0.2, 0.25) is 5.91 Å². The summed E-state index contributed by atoms with van der Waals surface area (Å²) in [4.78, 5) is 11.3. The fourth-order valence-corrected chi connectivity index (χ4v) is 2.07. The van der Waals surface area contributed by atoms with Gasteiger partial charge in [0.15, 0.2) is 0 Å². The molecule has 0 bridgehead atoms. The molecule has 1 N–H and O–H groups in total. The van der Waals surface area contributed by atoms with Crippen LogP contribution in [0.4, 0.5) is 0 Å². The van der Waals surface area contributed by atoms with E-state index in [1.165, 1.54) is 0 Å². The summed E-state index contributed by atoms with van der Waals surface area (Å²) in [6.45, 7) is 4.54. The molecule has 86 valence electrons. The lowest BCUT2D eigenvalue weighted by molar-refractivity contribution is -0.143. The normalized spacial score (nSPS) is 25.8. The summed E-state index contributed by atoms with van der Waals surface area (Å²) in [7, 11) is 0. The van der Waals surface area contributed by atoms with Crippen LogP contribution in [0.15, 0.2) is 30.3 Å². The Morgan fingerprint density at radius 2 is 2.06 bits per heavy atom. The van der Waals surface area contributed by atoms with E-state index < -0.39 is 0 Å². The van der Waals surface area contributed by atoms with Gasteiger partial charge in [-0.3, -0.25) is 4.79 Å². The van der Waals surface area contributed by atoms with Crippen LogP contribution in [0.2, 0.25) is 0 Å². The minimum absolute atomic E-state index is 0.00344. The molecule has 0 aliphatic carbocycles. The standard InChI is InChI=1S/C13H17NO2/c1-9-12(13(15)14-9)10(2)16-8-11-6-4-3-5-7-11/h3-7,9-10,12H,8H2,1-2H3,(H,14,15)/t9-,10-,12-/m1/s1. The molecule has 2 rings (SSSR count). The van der Waals surface area contributed by atoms with Gasteiger partial charge in [0, 0.05) is 6.04 Å². The number of amides is 1. The molecule has 1 aromatic rings. The predicted molar refractivity (Wildman–Crippen MR) is 61.8 cm³/mol. The van der Waals surface area contributed by atoms with Crippen LogP contribution in [0, 0.1) is 5.92 Å². The Hall–Kier alpha value is -1.35. The monoisotopic (exact) mass is 219 g/mol. The Morgan fingerprint density at radius 1 is 1.38 bits per heavy atom. The zero-order valence-corrected chi connectivity index (χ0v) is 9.64. The molecule has 0 unspecified atom stereocenters. The van der Waals surface area contributed by atoms with Crippen molar-refractivity contribution < 1.29 is 9.53 Å². The number of carbonyl (C=O) groups is 1. The van der Waals surface area contributed by atoms with Crippen molar-refractivity contribution in [1.29, 1.82) is 0 Å². The van der Waals surface area contributed by atoms with Crippen molar-refractivity contribution in [3.05, 3.63) is 35.9 Å². The summed E-state index contributed by atoms with van der Waals surface area (Å²) >= 11 is 0. The highest BCUT2D eigenvalue weighted by molar-refractivity contribution is 5.86. The molecule has 3 heteroatoms. The quantitative estimate of drug-likeness (QED) is 0.783. The van der Waals surface area contributed by atoms with Crippen LogP contribution in [0.25, 0.3) is 0 Å². The minimum Gasteiger partial charge on any atom is -0.373 e. The van der Waals surface area contributed by atoms with Crippen molar-refractivity contribution in [2.75, 3.05) is 0 Å². The van der Waals surface area contributed by atoms with Crippen LogP contribution >= 0.6 is 0 Å². The molecule has 3 nitrogen and oxygen atoms in total. The van der Waals surface area contributed by atoms with E-state index in [2.05, 4.69) is 5.32 Å². The third kappa shape index (κ3) is 2.25. The second kappa shape index (κ2) is 4.66. The topological polar surface area (TPSA) is 38.3 Å². The molecule has 1 aliphatic rings. The Morgan fingerprint density at radius 3 is 2.62 bits per heavy atom. The SMILES string of the molecule is C[C@H]1NC(=O)[C@H]1[C@@H](C)OCc1ccccc1. The number of nitrogens with one attached hydrogen (secondary N) is 1. The van der Waals surface area contributed by atoms with E-state index in [-0.39, 0.29) is 24.0 Å². The smallest absolute Gasteiger partial charge is 0.228 e. The van der Waals surface area contributed by atoms with Gasteiger partial charge in [-0.25, -0.2) is 0 Å². The minimum atomic E-state index is -0.0241. The Kier molecular flexibility index (Phi) is 3.25. The van der Waals surface area contributed by atoms with Gasteiger partial charge in [-0.2, -0.15) is 0 Å². The molecule has 1 aromatic carbocycles. The number of ether oxygens (including phenoxy) is 1. The maximum absolute atomic E-state index is 11.3. The number of carbonyl (C=O) groups excluding carboxylic acids is 1. The summed E-state index contributed by atoms with van der Waals surface area (Å²) < 4.78 is 5.71. The van der Waals surface area contributed by atoms with Gasteiger partial charge in [-0.15, -0.1) is 0 Å². The fourth-order valence-electron chi connectivity index (χ4n) is 2.07. The van der Waals surface area contributed by atoms with Gasteiger partial charge in [0.25, 0.3) is 0 Å². The average Bonchev–Trinajstić information content (AvgIpc) is 2.27. The first-order chi connectivity index (χ1) is 7.68. The fraction of sp³-hybridized carbons (Fsp3) is 0.462. The summed E-state index contributed by atoms with van der Waals surface area (Å²) in [6.07, 6.45) is -0.0241. The molecule has 1 aliphatic heterocycles. The highest BCUT2D eigenvalue weighted by Crippen LogP contribution is 2.21. The van der Waals surface area contributed by atoms with Gasteiger partial charge in [0.1, 0.15) is 0 Å². The van der Waals surface area contributed by atoms with Crippen LogP contribution in [-0.2, 0) is 16.1 Å². The maximum Gasteiger partial charge on any atom is 0.228 e. The summed E-state index contributed by atoms with van der Waals surface area (Å²) in [5, 5.41) is 2.82. The van der Waals surface area contributed by atoms with Crippen LogP contribution in [0.1, 0.15) is 19.4 Å². The Bertz CT molecular complexity index is 363. The first-order valence-electron chi connectivity index (χ1n) is 5.64. The number of rotatable bonds is 4. The highest BCUT2D eigenvalue weighted by atomic mass is 16.5. The van der Waals surface area contributed by atoms with Gasteiger partial charge >= 0.3 is 0 Å². The van der Waals surface area contributed by atoms with Gasteiger partial charge < -0.3 is 10.1 Å². The molecule has 3 atom stereocenters. The van der Waals surface area contributed by atoms with Crippen LogP contribution in [0.5, 0.6) is 0 Å². The summed E-state index contributed by atoms with van der Waals surface area (Å²) in [5.74, 6) is 0.108. The van der Waals surface area contributed by atoms with E-state index in [0.717, 1.165) is 5.56 Å². The first kappa shape index (κ1) is 11.1. The molecule has 1 fully saturated rings. The van der Waals surface area contributed by atoms with Crippen molar-refractivity contribution in [3.63, 3.8) is 0 Å². The molecule has 0 saturated carbocycles. The molecular formula is C13H17NO2. The number of benzene rings is 1. The van der Waals surface area contributed by atoms with Gasteiger partial charge in [-0.05, 0) is 19.4 Å². The molecule has 1 saturated heterocycles. The summed E-state index contributed by atoms with van der Waals surface area (Å²) in [5.41, 5.74) is 1.14. The highest BCUT2D eigenvalue weighted by Gasteiger charge is 2.40. The van der Waals surface area contributed by atoms with E-state index in [4.69, 9.17) is 4.74 Å². The van der Waals surface area contributed by atoms with Crippen molar-refractivity contribution in [2.45, 2.75) is 32.6 Å². The molecule has 0 aromatic heterocycles. The van der Waals surface area contributed by atoms with Crippen LogP contribution in [-0.4, -0.2) is 18.1 Å². The van der Waals surface area contributed by atoms with Gasteiger partial charge in [0.05, 0.1) is 18.6 Å². The van der Waals surface area contributed by atoms with E-state index >= 15 is 0 Å². The Balaban J connectivity index is 1.84. The lowest BCUT2D eigenvalue weighted by Gasteiger charge is -2.37. The largest absolute Gasteiger partial charge is 0.373 e. The first-order valence-corrected chi connectivity index (χ1v) is 5.64. The summed E-state index contributed by atoms with van der Waals surface area (Å²) in [6, 6.07) is 10.2. The van der Waals surface area contributed by atoms with Crippen molar-refractivity contribution in [1.82, 2.24) is 5.32 Å². The average molecular weight is 219 g/mol. The lowest BCUT2D eigenvalue weighted by Crippen LogP contribution is -2.60. The predicted octanol–water partition coefficient (Wildman–Crippen LogP) is 1.73. The second-order valence-corrected chi connectivity index (χ2v) is 4.32. The number of hydrogen-bond donors (Lipinski definition) is 1. The van der Waals surface area contributed by atoms with E-state index in [1.807, 2.05) is 44.2 Å². The van der Waals surface area contributed by atoms with Crippen LogP contribution in [0.3, 0.4) is 0 Å². The lowest BCUT2D eigenvalue weighted by atomic mass is 9.87. The van der Waals surface area contributed by atoms with E-state index in [0.29, 0.717) is 6.61 Å². The third-order valence-electron chi connectivity index (χ3n) is 3.07. The van der Waals surface area contributed by atoms with Gasteiger partial charge in [-0.1, -0.05) is 30.3 Å². The molecule has 16 heavy (non-hydrogen) atoms. The molecule has 1 amide bonds. The molecule has 1 heterocycles. The van der Waals surface area contributed by atoms with Crippen molar-refractivity contribution in [3.8, 4) is 0 Å². The molecule has 0 radical (unpaired) electrons. The zero-order valence-electron chi connectivity index (χ0n) is 9.64. The van der Waals surface area contributed by atoms with Crippen molar-refractivity contribution in [2.24, 2.45) is 5.92 Å². The van der Waals surface area contributed by atoms with E-state index in [1.54, 1.807) is 0 Å². The van der Waals surface area contributed by atoms with Crippen molar-refractivity contribution >= 4 is 5.91 Å². The third-order valence-corrected chi connectivity index (χ3v) is 3.07. The zero-order chi connectivity index (χ0) is 11.5. The van der Waals surface area contributed by atoms with E-state index in [9.17, 15) is 4.79 Å². The maximum atomic E-state index is 11.3. The molecule has 0 spiro atoms.